The molecule has 1 aromatic rings. The van der Waals surface area contributed by atoms with Crippen molar-refractivity contribution < 1.29 is 4.52 Å². The first kappa shape index (κ1) is 12.3. The summed E-state index contributed by atoms with van der Waals surface area (Å²) in [5, 5.41) is 4.10. The standard InChI is InChI=1S/C11H19N5OS/c1-15-2-4-16(5-3-15)11-13-10(17-14-11)8-6-18-7-9(8)12/h8-9H,2-7,12H2,1H3. The van der Waals surface area contributed by atoms with Gasteiger partial charge in [-0.1, -0.05) is 0 Å². The summed E-state index contributed by atoms with van der Waals surface area (Å²) in [5.74, 6) is 3.63. The minimum absolute atomic E-state index is 0.149. The molecule has 7 heteroatoms. The first-order valence-electron chi connectivity index (χ1n) is 6.34. The number of thioether (sulfide) groups is 1. The summed E-state index contributed by atoms with van der Waals surface area (Å²) in [5.41, 5.74) is 6.05. The molecular formula is C11H19N5OS. The van der Waals surface area contributed by atoms with E-state index in [-0.39, 0.29) is 12.0 Å². The van der Waals surface area contributed by atoms with Crippen molar-refractivity contribution in [3.8, 4) is 0 Å². The van der Waals surface area contributed by atoms with Gasteiger partial charge >= 0.3 is 0 Å². The Morgan fingerprint density at radius 2 is 2.06 bits per heavy atom. The zero-order valence-corrected chi connectivity index (χ0v) is 11.4. The molecule has 2 aliphatic heterocycles. The van der Waals surface area contributed by atoms with Crippen molar-refractivity contribution in [1.29, 1.82) is 0 Å². The van der Waals surface area contributed by atoms with Gasteiger partial charge in [-0.3, -0.25) is 0 Å². The lowest BCUT2D eigenvalue weighted by Crippen LogP contribution is -2.45. The molecule has 100 valence electrons. The van der Waals surface area contributed by atoms with Crippen LogP contribution in [0.2, 0.25) is 0 Å². The zero-order valence-electron chi connectivity index (χ0n) is 10.6. The summed E-state index contributed by atoms with van der Waals surface area (Å²) in [6.45, 7) is 4.01. The Balaban J connectivity index is 1.69. The monoisotopic (exact) mass is 269 g/mol. The number of rotatable bonds is 2. The lowest BCUT2D eigenvalue weighted by atomic mass is 10.1. The molecular weight excluding hydrogens is 250 g/mol. The molecule has 6 nitrogen and oxygen atoms in total. The molecule has 1 aromatic heterocycles. The van der Waals surface area contributed by atoms with E-state index in [1.165, 1.54) is 0 Å². The minimum Gasteiger partial charge on any atom is -0.337 e. The smallest absolute Gasteiger partial charge is 0.266 e. The number of likely N-dealkylation sites (N-methyl/N-ethyl adjacent to an activating group) is 1. The van der Waals surface area contributed by atoms with E-state index in [1.807, 2.05) is 11.8 Å². The van der Waals surface area contributed by atoms with Crippen LogP contribution in [0.5, 0.6) is 0 Å². The second-order valence-corrected chi connectivity index (χ2v) is 6.11. The maximum atomic E-state index is 6.05. The van der Waals surface area contributed by atoms with E-state index >= 15 is 0 Å². The molecule has 0 bridgehead atoms. The Kier molecular flexibility index (Phi) is 3.45. The second kappa shape index (κ2) is 5.07. The Bertz CT molecular complexity index is 404. The van der Waals surface area contributed by atoms with E-state index in [2.05, 4.69) is 27.0 Å². The lowest BCUT2D eigenvalue weighted by molar-refractivity contribution is 0.308. The van der Waals surface area contributed by atoms with Crippen molar-refractivity contribution >= 4 is 17.7 Å². The maximum Gasteiger partial charge on any atom is 0.266 e. The molecule has 2 N–H and O–H groups in total. The van der Waals surface area contributed by atoms with Crippen molar-refractivity contribution in [3.05, 3.63) is 5.89 Å². The normalized spacial score (nSPS) is 30.0. The van der Waals surface area contributed by atoms with Crippen LogP contribution >= 0.6 is 11.8 Å². The second-order valence-electron chi connectivity index (χ2n) is 5.03. The molecule has 2 fully saturated rings. The van der Waals surface area contributed by atoms with Gasteiger partial charge in [-0.25, -0.2) is 0 Å². The topological polar surface area (TPSA) is 71.4 Å². The zero-order chi connectivity index (χ0) is 12.5. The summed E-state index contributed by atoms with van der Waals surface area (Å²) in [4.78, 5) is 9.02. The predicted octanol–water partition coefficient (Wildman–Crippen LogP) is -0.0209. The molecule has 0 saturated carbocycles. The van der Waals surface area contributed by atoms with Gasteiger partial charge in [0.25, 0.3) is 5.95 Å². The van der Waals surface area contributed by atoms with E-state index in [9.17, 15) is 0 Å². The molecule has 0 spiro atoms. The van der Waals surface area contributed by atoms with Crippen LogP contribution in [0.15, 0.2) is 4.52 Å². The third-order valence-electron chi connectivity index (χ3n) is 3.66. The maximum absolute atomic E-state index is 6.05. The van der Waals surface area contributed by atoms with E-state index < -0.39 is 0 Å². The van der Waals surface area contributed by atoms with Crippen LogP contribution in [0.25, 0.3) is 0 Å². The van der Waals surface area contributed by atoms with Crippen molar-refractivity contribution in [2.45, 2.75) is 12.0 Å². The molecule has 0 aliphatic carbocycles. The Morgan fingerprint density at radius 3 is 2.72 bits per heavy atom. The molecule has 18 heavy (non-hydrogen) atoms. The minimum atomic E-state index is 0.149. The summed E-state index contributed by atoms with van der Waals surface area (Å²) in [6, 6.07) is 0.149. The average Bonchev–Trinajstić information content (AvgIpc) is 2.98. The highest BCUT2D eigenvalue weighted by Gasteiger charge is 2.31. The predicted molar refractivity (Wildman–Crippen MR) is 72.0 cm³/mol. The van der Waals surface area contributed by atoms with Gasteiger partial charge in [0.15, 0.2) is 0 Å². The van der Waals surface area contributed by atoms with Crippen molar-refractivity contribution in [1.82, 2.24) is 15.0 Å². The molecule has 3 heterocycles. The van der Waals surface area contributed by atoms with Crippen LogP contribution in [0.3, 0.4) is 0 Å². The Morgan fingerprint density at radius 1 is 1.28 bits per heavy atom. The number of nitrogens with two attached hydrogens (primary N) is 1. The van der Waals surface area contributed by atoms with Crippen LogP contribution in [-0.2, 0) is 0 Å². The fourth-order valence-electron chi connectivity index (χ4n) is 2.34. The van der Waals surface area contributed by atoms with Crippen LogP contribution in [0.1, 0.15) is 11.8 Å². The number of nitrogens with zero attached hydrogens (tertiary/aromatic N) is 4. The fraction of sp³-hybridized carbons (Fsp3) is 0.818. The van der Waals surface area contributed by atoms with Crippen LogP contribution in [-0.4, -0.2) is 65.8 Å². The molecule has 3 rings (SSSR count). The van der Waals surface area contributed by atoms with Crippen molar-refractivity contribution in [2.24, 2.45) is 5.73 Å². The third kappa shape index (κ3) is 2.34. The number of piperazine rings is 1. The molecule has 0 aromatic carbocycles. The Labute approximate surface area is 111 Å². The number of anilines is 1. The molecule has 2 saturated heterocycles. The summed E-state index contributed by atoms with van der Waals surface area (Å²) in [6.07, 6.45) is 0. The highest BCUT2D eigenvalue weighted by molar-refractivity contribution is 7.99. The van der Waals surface area contributed by atoms with Gasteiger partial charge in [0.1, 0.15) is 0 Å². The number of hydrogen-bond acceptors (Lipinski definition) is 7. The molecule has 0 radical (unpaired) electrons. The molecule has 2 atom stereocenters. The SMILES string of the molecule is CN1CCN(c2noc(C3CSCC3N)n2)CC1. The molecule has 2 unspecified atom stereocenters. The highest BCUT2D eigenvalue weighted by atomic mass is 32.2. The summed E-state index contributed by atoms with van der Waals surface area (Å²) < 4.78 is 5.39. The number of hydrogen-bond donors (Lipinski definition) is 1. The van der Waals surface area contributed by atoms with Gasteiger partial charge in [0.2, 0.25) is 5.89 Å². The average molecular weight is 269 g/mol. The largest absolute Gasteiger partial charge is 0.337 e. The van der Waals surface area contributed by atoms with Crippen molar-refractivity contribution in [3.63, 3.8) is 0 Å². The van der Waals surface area contributed by atoms with E-state index in [0.29, 0.717) is 5.89 Å². The highest BCUT2D eigenvalue weighted by Crippen LogP contribution is 2.31. The van der Waals surface area contributed by atoms with Gasteiger partial charge in [-0.15, -0.1) is 0 Å². The van der Waals surface area contributed by atoms with Crippen LogP contribution in [0, 0.1) is 0 Å². The molecule has 2 aliphatic rings. The summed E-state index contributed by atoms with van der Waals surface area (Å²) >= 11 is 1.86. The Hall–Kier alpha value is -0.790. The van der Waals surface area contributed by atoms with Gasteiger partial charge in [0.05, 0.1) is 5.92 Å². The lowest BCUT2D eigenvalue weighted by Gasteiger charge is -2.31. The van der Waals surface area contributed by atoms with Crippen molar-refractivity contribution in [2.75, 3.05) is 49.6 Å². The van der Waals surface area contributed by atoms with Crippen LogP contribution < -0.4 is 10.6 Å². The summed E-state index contributed by atoms with van der Waals surface area (Å²) in [7, 11) is 2.13. The molecule has 0 amide bonds. The van der Waals surface area contributed by atoms with E-state index in [4.69, 9.17) is 10.3 Å². The first-order valence-corrected chi connectivity index (χ1v) is 7.50. The van der Waals surface area contributed by atoms with E-state index in [1.54, 1.807) is 0 Å². The fourth-order valence-corrected chi connectivity index (χ4v) is 3.62. The van der Waals surface area contributed by atoms with Gasteiger partial charge in [-0.2, -0.15) is 16.7 Å². The number of aromatic nitrogens is 2. The first-order chi connectivity index (χ1) is 8.74. The van der Waals surface area contributed by atoms with E-state index in [0.717, 1.165) is 43.6 Å². The van der Waals surface area contributed by atoms with Gasteiger partial charge in [0, 0.05) is 43.7 Å². The van der Waals surface area contributed by atoms with Gasteiger partial charge in [-0.05, 0) is 12.2 Å². The van der Waals surface area contributed by atoms with Gasteiger partial charge < -0.3 is 20.1 Å². The third-order valence-corrected chi connectivity index (χ3v) is 4.87. The van der Waals surface area contributed by atoms with Crippen LogP contribution in [0.4, 0.5) is 5.95 Å². The quantitative estimate of drug-likeness (QED) is 0.809.